The molecule has 1 heterocycles. The highest BCUT2D eigenvalue weighted by Gasteiger charge is 2.12. The van der Waals surface area contributed by atoms with E-state index in [9.17, 15) is 0 Å². The summed E-state index contributed by atoms with van der Waals surface area (Å²) >= 11 is 1.34. The fourth-order valence-electron chi connectivity index (χ4n) is 1.36. The molecule has 0 aliphatic carbocycles. The van der Waals surface area contributed by atoms with Crippen LogP contribution in [0.3, 0.4) is 0 Å². The summed E-state index contributed by atoms with van der Waals surface area (Å²) in [4.78, 5) is 0. The fraction of sp³-hybridized carbons (Fsp3) is 0.273. The summed E-state index contributed by atoms with van der Waals surface area (Å²) in [5.41, 5.74) is 2.05. The second-order valence-corrected chi connectivity index (χ2v) is 4.91. The number of hydrogen-bond acceptors (Lipinski definition) is 5. The van der Waals surface area contributed by atoms with Crippen molar-refractivity contribution in [2.75, 3.05) is 0 Å². The van der Waals surface area contributed by atoms with Crippen LogP contribution in [0.4, 0.5) is 0 Å². The van der Waals surface area contributed by atoms with Gasteiger partial charge in [-0.1, -0.05) is 23.9 Å². The summed E-state index contributed by atoms with van der Waals surface area (Å²) in [7, 11) is 0. The Kier molecular flexibility index (Phi) is 3.40. The van der Waals surface area contributed by atoms with Crippen molar-refractivity contribution >= 4 is 11.8 Å². The van der Waals surface area contributed by atoms with E-state index in [0.29, 0.717) is 5.16 Å². The van der Waals surface area contributed by atoms with Crippen molar-refractivity contribution < 1.29 is 0 Å². The molecule has 0 N–H and O–H groups in total. The zero-order valence-corrected chi connectivity index (χ0v) is 10.3. The van der Waals surface area contributed by atoms with E-state index >= 15 is 0 Å². The lowest BCUT2D eigenvalue weighted by Crippen LogP contribution is -2.01. The lowest BCUT2D eigenvalue weighted by atomic mass is 10.2. The Morgan fingerprint density at radius 2 is 2.29 bits per heavy atom. The van der Waals surface area contributed by atoms with Gasteiger partial charge in [0, 0.05) is 0 Å². The molecule has 2 rings (SSSR count). The number of thioether (sulfide) groups is 1. The minimum Gasteiger partial charge on any atom is -0.197 e. The molecule has 17 heavy (non-hydrogen) atoms. The molecule has 0 radical (unpaired) electrons. The van der Waals surface area contributed by atoms with Crippen LogP contribution >= 0.6 is 11.8 Å². The molecule has 0 bridgehead atoms. The first-order valence-corrected chi connectivity index (χ1v) is 6.00. The molecule has 5 nitrogen and oxygen atoms in total. The van der Waals surface area contributed by atoms with Gasteiger partial charge in [0.2, 0.25) is 5.16 Å². The zero-order chi connectivity index (χ0) is 12.3. The second-order valence-electron chi connectivity index (χ2n) is 3.60. The summed E-state index contributed by atoms with van der Waals surface area (Å²) in [6, 6.07) is 10.0. The van der Waals surface area contributed by atoms with E-state index in [1.807, 2.05) is 38.1 Å². The number of benzene rings is 1. The SMILES string of the molecule is Cc1cccc(-n2nnnc2SC(C)C#N)c1. The molecular formula is C11H11N5S. The minimum absolute atomic E-state index is 0.176. The van der Waals surface area contributed by atoms with E-state index < -0.39 is 0 Å². The number of tetrazole rings is 1. The van der Waals surface area contributed by atoms with E-state index in [2.05, 4.69) is 21.6 Å². The smallest absolute Gasteiger partial charge is 0.197 e. The van der Waals surface area contributed by atoms with Crippen LogP contribution in [-0.4, -0.2) is 25.5 Å². The van der Waals surface area contributed by atoms with Crippen molar-refractivity contribution in [1.29, 1.82) is 5.26 Å². The van der Waals surface area contributed by atoms with Crippen LogP contribution in [0.2, 0.25) is 0 Å². The normalized spacial score (nSPS) is 12.1. The molecule has 0 fully saturated rings. The summed E-state index contributed by atoms with van der Waals surface area (Å²) in [5, 5.41) is 20.8. The Bertz CT molecular complexity index is 557. The third-order valence-electron chi connectivity index (χ3n) is 2.15. The van der Waals surface area contributed by atoms with Crippen molar-refractivity contribution in [1.82, 2.24) is 20.2 Å². The van der Waals surface area contributed by atoms with Gasteiger partial charge in [0.05, 0.1) is 17.0 Å². The van der Waals surface area contributed by atoms with E-state index in [1.54, 1.807) is 4.68 Å². The van der Waals surface area contributed by atoms with Gasteiger partial charge in [-0.25, -0.2) is 0 Å². The van der Waals surface area contributed by atoms with Gasteiger partial charge in [0.15, 0.2) is 0 Å². The largest absolute Gasteiger partial charge is 0.215 e. The maximum absolute atomic E-state index is 8.79. The third-order valence-corrected chi connectivity index (χ3v) is 3.08. The topological polar surface area (TPSA) is 67.4 Å². The van der Waals surface area contributed by atoms with E-state index in [1.165, 1.54) is 11.8 Å². The molecule has 1 aromatic carbocycles. The van der Waals surface area contributed by atoms with Crippen LogP contribution in [-0.2, 0) is 0 Å². The van der Waals surface area contributed by atoms with Crippen LogP contribution in [0.25, 0.3) is 5.69 Å². The average molecular weight is 245 g/mol. The molecule has 0 amide bonds. The number of rotatable bonds is 3. The van der Waals surface area contributed by atoms with Crippen molar-refractivity contribution in [3.05, 3.63) is 29.8 Å². The number of nitriles is 1. The molecule has 0 spiro atoms. The van der Waals surface area contributed by atoms with Gasteiger partial charge in [-0.2, -0.15) is 9.94 Å². The fourth-order valence-corrected chi connectivity index (χ4v) is 2.05. The zero-order valence-electron chi connectivity index (χ0n) is 9.53. The Hall–Kier alpha value is -1.87. The van der Waals surface area contributed by atoms with Crippen molar-refractivity contribution in [3.63, 3.8) is 0 Å². The Balaban J connectivity index is 2.34. The lowest BCUT2D eigenvalue weighted by Gasteiger charge is -2.05. The maximum atomic E-state index is 8.79. The van der Waals surface area contributed by atoms with E-state index in [-0.39, 0.29) is 5.25 Å². The van der Waals surface area contributed by atoms with Crippen molar-refractivity contribution in [2.24, 2.45) is 0 Å². The predicted molar refractivity (Wildman–Crippen MR) is 64.8 cm³/mol. The Morgan fingerprint density at radius 1 is 1.47 bits per heavy atom. The summed E-state index contributed by atoms with van der Waals surface area (Å²) < 4.78 is 1.64. The molecule has 0 saturated carbocycles. The van der Waals surface area contributed by atoms with E-state index in [4.69, 9.17) is 5.26 Å². The minimum atomic E-state index is -0.176. The van der Waals surface area contributed by atoms with Crippen LogP contribution in [0.5, 0.6) is 0 Å². The van der Waals surface area contributed by atoms with E-state index in [0.717, 1.165) is 11.3 Å². The second kappa shape index (κ2) is 4.97. The monoisotopic (exact) mass is 245 g/mol. The highest BCUT2D eigenvalue weighted by atomic mass is 32.2. The van der Waals surface area contributed by atoms with Crippen LogP contribution < -0.4 is 0 Å². The standard InChI is InChI=1S/C11H11N5S/c1-8-4-3-5-10(6-8)16-11(13-14-15-16)17-9(2)7-12/h3-6,9H,1-2H3. The van der Waals surface area contributed by atoms with Crippen molar-refractivity contribution in [3.8, 4) is 11.8 Å². The predicted octanol–water partition coefficient (Wildman–Crippen LogP) is 1.97. The quantitative estimate of drug-likeness (QED) is 0.773. The first kappa shape index (κ1) is 11.6. The molecular weight excluding hydrogens is 234 g/mol. The van der Waals surface area contributed by atoms with Gasteiger partial charge in [-0.15, -0.1) is 5.10 Å². The molecule has 1 aromatic heterocycles. The Morgan fingerprint density at radius 3 is 3.00 bits per heavy atom. The lowest BCUT2D eigenvalue weighted by molar-refractivity contribution is 0.755. The summed E-state index contributed by atoms with van der Waals surface area (Å²) in [6.45, 7) is 3.83. The number of aromatic nitrogens is 4. The van der Waals surface area contributed by atoms with Gasteiger partial charge in [-0.3, -0.25) is 0 Å². The molecule has 86 valence electrons. The summed E-state index contributed by atoms with van der Waals surface area (Å²) in [6.07, 6.45) is 0. The number of nitrogens with zero attached hydrogens (tertiary/aromatic N) is 5. The highest BCUT2D eigenvalue weighted by molar-refractivity contribution is 8.00. The maximum Gasteiger partial charge on any atom is 0.215 e. The van der Waals surface area contributed by atoms with Gasteiger partial charge >= 0.3 is 0 Å². The average Bonchev–Trinajstić information content (AvgIpc) is 2.77. The van der Waals surface area contributed by atoms with Gasteiger partial charge in [0.25, 0.3) is 0 Å². The first-order valence-electron chi connectivity index (χ1n) is 5.12. The van der Waals surface area contributed by atoms with Crippen molar-refractivity contribution in [2.45, 2.75) is 24.3 Å². The molecule has 0 aliphatic heterocycles. The molecule has 6 heteroatoms. The van der Waals surface area contributed by atoms with Crippen LogP contribution in [0, 0.1) is 18.3 Å². The molecule has 2 aromatic rings. The number of aryl methyl sites for hydroxylation is 1. The highest BCUT2D eigenvalue weighted by Crippen LogP contribution is 2.22. The van der Waals surface area contributed by atoms with Gasteiger partial charge in [-0.05, 0) is 42.0 Å². The van der Waals surface area contributed by atoms with Gasteiger partial charge in [0.1, 0.15) is 0 Å². The molecule has 0 saturated heterocycles. The van der Waals surface area contributed by atoms with Gasteiger partial charge < -0.3 is 0 Å². The molecule has 1 atom stereocenters. The van der Waals surface area contributed by atoms with Crippen LogP contribution in [0.15, 0.2) is 29.4 Å². The molecule has 1 unspecified atom stereocenters. The summed E-state index contributed by atoms with van der Waals surface area (Å²) in [5.74, 6) is 0. The molecule has 0 aliphatic rings. The Labute approximate surface area is 103 Å². The van der Waals surface area contributed by atoms with Crippen LogP contribution in [0.1, 0.15) is 12.5 Å². The third kappa shape index (κ3) is 2.63. The first-order chi connectivity index (χ1) is 8.20. The number of hydrogen-bond donors (Lipinski definition) is 0.